The summed E-state index contributed by atoms with van der Waals surface area (Å²) in [5.74, 6) is 2.48. The lowest BCUT2D eigenvalue weighted by Gasteiger charge is -2.33. The number of piperidine rings is 1. The van der Waals surface area contributed by atoms with Crippen LogP contribution in [0, 0.1) is 5.92 Å². The molecule has 0 unspecified atom stereocenters. The summed E-state index contributed by atoms with van der Waals surface area (Å²) in [6.07, 6.45) is 6.13. The molecular weight excluding hydrogens is 384 g/mol. The van der Waals surface area contributed by atoms with Crippen molar-refractivity contribution in [2.45, 2.75) is 52.4 Å². The summed E-state index contributed by atoms with van der Waals surface area (Å²) in [6, 6.07) is 8.60. The van der Waals surface area contributed by atoms with Crippen LogP contribution in [-0.4, -0.2) is 46.6 Å². The van der Waals surface area contributed by atoms with Crippen LogP contribution in [0.1, 0.15) is 38.1 Å². The zero-order chi connectivity index (χ0) is 20.6. The highest BCUT2D eigenvalue weighted by atomic mass is 35.5. The molecule has 0 saturated carbocycles. The van der Waals surface area contributed by atoms with Crippen molar-refractivity contribution in [1.82, 2.24) is 25.1 Å². The fourth-order valence-electron chi connectivity index (χ4n) is 3.70. The molecular formula is C22H33ClN6. The van der Waals surface area contributed by atoms with E-state index in [-0.39, 0.29) is 0 Å². The van der Waals surface area contributed by atoms with Gasteiger partial charge in [0.15, 0.2) is 5.96 Å². The Morgan fingerprint density at radius 3 is 2.62 bits per heavy atom. The van der Waals surface area contributed by atoms with E-state index in [0.717, 1.165) is 55.8 Å². The minimum atomic E-state index is 0.443. The van der Waals surface area contributed by atoms with Crippen molar-refractivity contribution in [2.75, 3.05) is 20.1 Å². The molecule has 0 radical (unpaired) electrons. The number of benzene rings is 1. The van der Waals surface area contributed by atoms with Gasteiger partial charge in [-0.3, -0.25) is 9.89 Å². The van der Waals surface area contributed by atoms with Crippen LogP contribution in [0.2, 0.25) is 5.02 Å². The number of nitrogens with zero attached hydrogens (tertiary/aromatic N) is 4. The fraction of sp³-hybridized carbons (Fsp3) is 0.545. The van der Waals surface area contributed by atoms with Gasteiger partial charge in [0.25, 0.3) is 0 Å². The Labute approximate surface area is 179 Å². The van der Waals surface area contributed by atoms with Crippen molar-refractivity contribution in [3.05, 3.63) is 53.1 Å². The number of likely N-dealkylation sites (tertiary alicyclic amines) is 1. The number of aromatic nitrogens is 2. The van der Waals surface area contributed by atoms with Gasteiger partial charge in [0, 0.05) is 56.7 Å². The second kappa shape index (κ2) is 10.6. The second-order valence-corrected chi connectivity index (χ2v) is 8.57. The predicted octanol–water partition coefficient (Wildman–Crippen LogP) is 3.52. The molecule has 0 amide bonds. The van der Waals surface area contributed by atoms with E-state index in [0.29, 0.717) is 18.5 Å². The van der Waals surface area contributed by atoms with Gasteiger partial charge in [-0.1, -0.05) is 37.6 Å². The Morgan fingerprint density at radius 2 is 1.97 bits per heavy atom. The third-order valence-corrected chi connectivity index (χ3v) is 5.50. The van der Waals surface area contributed by atoms with Crippen LogP contribution >= 0.6 is 11.6 Å². The van der Waals surface area contributed by atoms with Gasteiger partial charge in [0.1, 0.15) is 5.82 Å². The van der Waals surface area contributed by atoms with Gasteiger partial charge >= 0.3 is 0 Å². The first-order valence-corrected chi connectivity index (χ1v) is 10.8. The first kappa shape index (κ1) is 21.7. The molecule has 158 valence electrons. The fourth-order valence-corrected chi connectivity index (χ4v) is 3.83. The zero-order valence-electron chi connectivity index (χ0n) is 17.7. The van der Waals surface area contributed by atoms with E-state index < -0.39 is 0 Å². The van der Waals surface area contributed by atoms with Crippen LogP contribution in [0.15, 0.2) is 41.7 Å². The molecule has 1 fully saturated rings. The smallest absolute Gasteiger partial charge is 0.191 e. The summed E-state index contributed by atoms with van der Waals surface area (Å²) in [6.45, 7) is 9.24. The molecule has 29 heavy (non-hydrogen) atoms. The third kappa shape index (κ3) is 6.75. The maximum atomic E-state index is 5.98. The van der Waals surface area contributed by atoms with E-state index in [1.165, 1.54) is 5.56 Å². The van der Waals surface area contributed by atoms with E-state index in [2.05, 4.69) is 56.1 Å². The quantitative estimate of drug-likeness (QED) is 0.535. The van der Waals surface area contributed by atoms with Crippen LogP contribution in [0.25, 0.3) is 0 Å². The number of imidazole rings is 1. The van der Waals surface area contributed by atoms with E-state index in [1.807, 2.05) is 31.6 Å². The lowest BCUT2D eigenvalue weighted by Crippen LogP contribution is -2.48. The molecule has 0 bridgehead atoms. The minimum absolute atomic E-state index is 0.443. The summed E-state index contributed by atoms with van der Waals surface area (Å²) in [5.41, 5.74) is 1.31. The van der Waals surface area contributed by atoms with Crippen molar-refractivity contribution < 1.29 is 0 Å². The molecule has 1 aliphatic rings. The number of rotatable bonds is 7. The molecule has 7 heteroatoms. The Bertz CT molecular complexity index is 775. The summed E-state index contributed by atoms with van der Waals surface area (Å²) in [5, 5.41) is 7.79. The average molecular weight is 417 g/mol. The standard InChI is InChI=1S/C22H33ClN6/c1-17(2)15-29-13-10-25-21(29)14-26-22(24-3)27-20-8-11-28(12-9-20)16-18-4-6-19(23)7-5-18/h4-7,10,13,17,20H,8-9,11-12,14-16H2,1-3H3,(H2,24,26,27). The number of nitrogens with one attached hydrogen (secondary N) is 2. The topological polar surface area (TPSA) is 57.5 Å². The number of hydrogen-bond acceptors (Lipinski definition) is 3. The molecule has 0 spiro atoms. The maximum Gasteiger partial charge on any atom is 0.191 e. The largest absolute Gasteiger partial charge is 0.354 e. The molecule has 1 aromatic heterocycles. The van der Waals surface area contributed by atoms with Crippen LogP contribution in [0.4, 0.5) is 0 Å². The number of aliphatic imine (C=N–C) groups is 1. The number of hydrogen-bond donors (Lipinski definition) is 2. The summed E-state index contributed by atoms with van der Waals surface area (Å²) < 4.78 is 2.21. The van der Waals surface area contributed by atoms with Crippen molar-refractivity contribution in [3.8, 4) is 0 Å². The van der Waals surface area contributed by atoms with Crippen molar-refractivity contribution in [1.29, 1.82) is 0 Å². The molecule has 2 N–H and O–H groups in total. The maximum absolute atomic E-state index is 5.98. The van der Waals surface area contributed by atoms with E-state index in [1.54, 1.807) is 0 Å². The number of halogens is 1. The highest BCUT2D eigenvalue weighted by Crippen LogP contribution is 2.16. The van der Waals surface area contributed by atoms with Gasteiger partial charge in [0.2, 0.25) is 0 Å². The van der Waals surface area contributed by atoms with Crippen molar-refractivity contribution in [2.24, 2.45) is 10.9 Å². The van der Waals surface area contributed by atoms with E-state index in [9.17, 15) is 0 Å². The van der Waals surface area contributed by atoms with E-state index in [4.69, 9.17) is 11.6 Å². The minimum Gasteiger partial charge on any atom is -0.354 e. The molecule has 0 atom stereocenters. The Morgan fingerprint density at radius 1 is 1.24 bits per heavy atom. The van der Waals surface area contributed by atoms with Gasteiger partial charge in [-0.05, 0) is 36.5 Å². The van der Waals surface area contributed by atoms with Crippen LogP contribution in [0.3, 0.4) is 0 Å². The lowest BCUT2D eigenvalue weighted by atomic mass is 10.0. The average Bonchev–Trinajstić information content (AvgIpc) is 3.14. The normalized spacial score (nSPS) is 16.4. The first-order chi connectivity index (χ1) is 14.0. The first-order valence-electron chi connectivity index (χ1n) is 10.5. The zero-order valence-corrected chi connectivity index (χ0v) is 18.5. The van der Waals surface area contributed by atoms with Gasteiger partial charge in [-0.15, -0.1) is 0 Å². The lowest BCUT2D eigenvalue weighted by molar-refractivity contribution is 0.198. The molecule has 6 nitrogen and oxygen atoms in total. The Balaban J connectivity index is 1.43. The summed E-state index contributed by atoms with van der Waals surface area (Å²) in [4.78, 5) is 11.4. The summed E-state index contributed by atoms with van der Waals surface area (Å²) >= 11 is 5.98. The van der Waals surface area contributed by atoms with Crippen LogP contribution in [-0.2, 0) is 19.6 Å². The van der Waals surface area contributed by atoms with Crippen LogP contribution in [0.5, 0.6) is 0 Å². The molecule has 2 heterocycles. The molecule has 3 rings (SSSR count). The second-order valence-electron chi connectivity index (χ2n) is 8.14. The predicted molar refractivity (Wildman–Crippen MR) is 120 cm³/mol. The highest BCUT2D eigenvalue weighted by molar-refractivity contribution is 6.30. The van der Waals surface area contributed by atoms with E-state index >= 15 is 0 Å². The molecule has 0 aliphatic carbocycles. The van der Waals surface area contributed by atoms with Crippen molar-refractivity contribution in [3.63, 3.8) is 0 Å². The molecule has 1 aromatic carbocycles. The SMILES string of the molecule is CN=C(NCc1nccn1CC(C)C)NC1CCN(Cc2ccc(Cl)cc2)CC1. The monoisotopic (exact) mass is 416 g/mol. The molecule has 1 aliphatic heterocycles. The number of guanidine groups is 1. The van der Waals surface area contributed by atoms with Gasteiger partial charge in [-0.25, -0.2) is 4.98 Å². The van der Waals surface area contributed by atoms with Crippen molar-refractivity contribution >= 4 is 17.6 Å². The highest BCUT2D eigenvalue weighted by Gasteiger charge is 2.20. The Kier molecular flexibility index (Phi) is 7.95. The Hall–Kier alpha value is -2.05. The van der Waals surface area contributed by atoms with Gasteiger partial charge < -0.3 is 15.2 Å². The molecule has 1 saturated heterocycles. The van der Waals surface area contributed by atoms with Gasteiger partial charge in [-0.2, -0.15) is 0 Å². The summed E-state index contributed by atoms with van der Waals surface area (Å²) in [7, 11) is 1.82. The van der Waals surface area contributed by atoms with Crippen LogP contribution < -0.4 is 10.6 Å². The third-order valence-electron chi connectivity index (χ3n) is 5.25. The molecule has 2 aromatic rings. The van der Waals surface area contributed by atoms with Gasteiger partial charge in [0.05, 0.1) is 6.54 Å².